The monoisotopic (exact) mass is 863 g/mol. The molecule has 3 aromatic heterocycles. The Morgan fingerprint density at radius 1 is 0.750 bits per heavy atom. The van der Waals surface area contributed by atoms with Crippen LogP contribution in [0.2, 0.25) is 0 Å². The third-order valence-corrected chi connectivity index (χ3v) is 9.53. The minimum atomic E-state index is -0.307. The van der Waals surface area contributed by atoms with E-state index < -0.39 is 0 Å². The Labute approximate surface area is 324 Å². The number of ether oxygens (including phenoxy) is 1. The minimum Gasteiger partial charge on any atom is -0.509 e. The van der Waals surface area contributed by atoms with Gasteiger partial charge in [-0.3, -0.25) is 0 Å². The van der Waals surface area contributed by atoms with Crippen molar-refractivity contribution in [3.63, 3.8) is 0 Å². The molecule has 0 fully saturated rings. The molecule has 5 aromatic carbocycles. The maximum absolute atomic E-state index is 8.99. The van der Waals surface area contributed by atoms with Gasteiger partial charge in [0, 0.05) is 61.3 Å². The van der Waals surface area contributed by atoms with Crippen molar-refractivity contribution >= 4 is 44.2 Å². The van der Waals surface area contributed by atoms with Crippen molar-refractivity contribution in [2.75, 3.05) is 4.90 Å². The molecule has 0 amide bonds. The molecule has 7 heteroatoms. The number of pyridine rings is 1. The van der Waals surface area contributed by atoms with Gasteiger partial charge >= 0.3 is 0 Å². The van der Waals surface area contributed by atoms with Crippen LogP contribution in [0.25, 0.3) is 50.0 Å². The number of fused-ring (bicyclic) bond motifs is 8. The molecule has 0 bridgehead atoms. The number of nitrogens with zero attached hydrogens (tertiary/aromatic N) is 5. The molecule has 4 heterocycles. The van der Waals surface area contributed by atoms with Crippen molar-refractivity contribution in [3.8, 4) is 28.7 Å². The number of aromatic nitrogens is 4. The van der Waals surface area contributed by atoms with Crippen LogP contribution in [0.3, 0.4) is 0 Å². The number of para-hydroxylation sites is 4. The van der Waals surface area contributed by atoms with Crippen molar-refractivity contribution < 1.29 is 31.3 Å². The van der Waals surface area contributed by atoms with Gasteiger partial charge in [-0.05, 0) is 69.8 Å². The van der Waals surface area contributed by atoms with Crippen LogP contribution in [0.15, 0.2) is 115 Å². The Kier molecular flexibility index (Phi) is 6.99. The van der Waals surface area contributed by atoms with Gasteiger partial charge < -0.3 is 23.8 Å². The van der Waals surface area contributed by atoms with Crippen molar-refractivity contribution in [2.45, 2.75) is 52.4 Å². The number of hydrogen-bond donors (Lipinski definition) is 0. The predicted molar refractivity (Wildman–Crippen MR) is 207 cm³/mol. The maximum atomic E-state index is 8.99. The van der Waals surface area contributed by atoms with E-state index in [-0.39, 0.29) is 56.1 Å². The van der Waals surface area contributed by atoms with Crippen LogP contribution in [-0.2, 0) is 31.9 Å². The van der Waals surface area contributed by atoms with Crippen LogP contribution >= 0.6 is 0 Å². The maximum Gasteiger partial charge on any atom is 0.135 e. The molecule has 8 aromatic rings. The average molecular weight is 864 g/mol. The molecule has 0 unspecified atom stereocenters. The summed E-state index contributed by atoms with van der Waals surface area (Å²) in [7, 11) is 0. The predicted octanol–water partition coefficient (Wildman–Crippen LogP) is 11.3. The average Bonchev–Trinajstić information content (AvgIpc) is 3.71. The van der Waals surface area contributed by atoms with E-state index in [4.69, 9.17) is 20.2 Å². The summed E-state index contributed by atoms with van der Waals surface area (Å²) in [6, 6.07) is 34.2. The fraction of sp³-hybridized carbons (Fsp3) is 0.178. The first-order valence-electron chi connectivity index (χ1n) is 19.1. The molecule has 0 spiro atoms. The second-order valence-electron chi connectivity index (χ2n) is 15.1. The number of rotatable bonds is 4. The van der Waals surface area contributed by atoms with Gasteiger partial charge in [0.2, 0.25) is 0 Å². The van der Waals surface area contributed by atoms with E-state index in [0.29, 0.717) is 39.1 Å². The Morgan fingerprint density at radius 3 is 2.35 bits per heavy atom. The first-order chi connectivity index (χ1) is 26.2. The van der Waals surface area contributed by atoms with Gasteiger partial charge in [-0.2, -0.15) is 6.07 Å². The Bertz CT molecular complexity index is 2870. The summed E-state index contributed by atoms with van der Waals surface area (Å²) in [5.74, 6) is 2.29. The summed E-state index contributed by atoms with van der Waals surface area (Å²) in [6.45, 7) is 14.9. The zero-order valence-electron chi connectivity index (χ0n) is 33.7. The van der Waals surface area contributed by atoms with E-state index in [1.54, 1.807) is 16.8 Å². The van der Waals surface area contributed by atoms with Crippen molar-refractivity contribution in [3.05, 3.63) is 145 Å². The van der Waals surface area contributed by atoms with E-state index in [1.807, 2.05) is 54.6 Å². The fourth-order valence-corrected chi connectivity index (χ4v) is 6.78. The quantitative estimate of drug-likeness (QED) is 0.165. The Morgan fingerprint density at radius 2 is 1.52 bits per heavy atom. The second kappa shape index (κ2) is 12.4. The normalized spacial score (nSPS) is 13.8. The molecule has 1 aliphatic heterocycles. The summed E-state index contributed by atoms with van der Waals surface area (Å²) >= 11 is 0. The zero-order valence-corrected chi connectivity index (χ0v) is 32.0. The SMILES string of the molecule is [2H]c1c([2H])c([2H])c2c(c1[2H])c1ccc(Oc3[c-]c(N4[CH-]n5c(nc6ccccc65)-c5ccccc54)cc(C(C)(C)C)c3)[c-]c1n2-c1cc(C(C)(C)C)ccn1.[Pt]. The molecule has 0 atom stereocenters. The number of anilines is 2. The van der Waals surface area contributed by atoms with E-state index in [1.165, 1.54) is 0 Å². The van der Waals surface area contributed by atoms with Crippen LogP contribution in [0.4, 0.5) is 11.4 Å². The third-order valence-electron chi connectivity index (χ3n) is 9.53. The summed E-state index contributed by atoms with van der Waals surface area (Å²) in [6.07, 6.45) is 1.74. The number of benzene rings is 5. The molecule has 0 aliphatic carbocycles. The van der Waals surface area contributed by atoms with Crippen LogP contribution in [-0.4, -0.2) is 19.1 Å². The molecular formula is C45H38N5OPt-3. The molecule has 6 nitrogen and oxygen atoms in total. The first kappa shape index (κ1) is 29.3. The Hall–Kier alpha value is -5.32. The van der Waals surface area contributed by atoms with Crippen molar-refractivity contribution in [1.29, 1.82) is 0 Å². The van der Waals surface area contributed by atoms with Crippen LogP contribution in [0.5, 0.6) is 11.5 Å². The van der Waals surface area contributed by atoms with Gasteiger partial charge in [-0.15, -0.1) is 41.3 Å². The van der Waals surface area contributed by atoms with Gasteiger partial charge in [0.1, 0.15) is 5.82 Å². The molecule has 0 saturated heterocycles. The van der Waals surface area contributed by atoms with Gasteiger partial charge in [-0.1, -0.05) is 107 Å². The van der Waals surface area contributed by atoms with E-state index >= 15 is 0 Å². The summed E-state index contributed by atoms with van der Waals surface area (Å²) in [5.41, 5.74) is 7.22. The van der Waals surface area contributed by atoms with E-state index in [9.17, 15) is 0 Å². The number of imidazole rings is 1. The Balaban J connectivity index is 0.00000441. The van der Waals surface area contributed by atoms with Crippen molar-refractivity contribution in [1.82, 2.24) is 19.1 Å². The van der Waals surface area contributed by atoms with Gasteiger partial charge in [0.05, 0.1) is 5.48 Å². The summed E-state index contributed by atoms with van der Waals surface area (Å²) in [5, 5.41) is 1.02. The van der Waals surface area contributed by atoms with Crippen LogP contribution in [0.1, 0.15) is 58.2 Å². The van der Waals surface area contributed by atoms with Gasteiger partial charge in [-0.25, -0.2) is 4.98 Å². The summed E-state index contributed by atoms with van der Waals surface area (Å²) in [4.78, 5) is 11.8. The molecule has 0 saturated carbocycles. The number of hydrogen-bond acceptors (Lipinski definition) is 4. The molecule has 1 aliphatic rings. The van der Waals surface area contributed by atoms with E-state index in [2.05, 4.69) is 94.1 Å². The standard InChI is InChI=1S/C45H38N5O.Pt/c1-44(2,3)29-21-22-46-42(25-29)50-39-17-11-7-13-34(39)35-20-19-32(27-41(35)50)51-33-24-30(45(4,5)6)23-31(26-33)48-28-49-40-18-12-9-15-37(40)47-43(49)36-14-8-10-16-38(36)48;/h7-25,28H,1-6H3;/q-3;/i7D,11D,13D,17D;. The molecule has 52 heavy (non-hydrogen) atoms. The second-order valence-corrected chi connectivity index (χ2v) is 15.1. The van der Waals surface area contributed by atoms with Gasteiger partial charge in [0.25, 0.3) is 0 Å². The smallest absolute Gasteiger partial charge is 0.135 e. The third kappa shape index (κ3) is 5.66. The topological polar surface area (TPSA) is 48.1 Å². The molecule has 9 rings (SSSR count). The minimum absolute atomic E-state index is 0. The molecule has 0 radical (unpaired) electrons. The fourth-order valence-electron chi connectivity index (χ4n) is 6.78. The largest absolute Gasteiger partial charge is 0.509 e. The molecular weight excluding hydrogens is 822 g/mol. The van der Waals surface area contributed by atoms with Gasteiger partial charge in [0.15, 0.2) is 0 Å². The first-order valence-corrected chi connectivity index (χ1v) is 17.1. The van der Waals surface area contributed by atoms with Crippen molar-refractivity contribution in [2.24, 2.45) is 0 Å². The van der Waals surface area contributed by atoms with Crippen LogP contribution in [0, 0.1) is 18.8 Å². The zero-order chi connectivity index (χ0) is 38.6. The molecule has 0 N–H and O–H groups in total. The summed E-state index contributed by atoms with van der Waals surface area (Å²) < 4.78 is 45.5. The van der Waals surface area contributed by atoms with Crippen LogP contribution < -0.4 is 9.64 Å². The molecule has 262 valence electrons. The van der Waals surface area contributed by atoms with E-state index in [0.717, 1.165) is 44.9 Å².